The summed E-state index contributed by atoms with van der Waals surface area (Å²) in [4.78, 5) is -0.598. The van der Waals surface area contributed by atoms with Gasteiger partial charge < -0.3 is 10.5 Å². The molecule has 0 aromatic heterocycles. The third kappa shape index (κ3) is 3.07. The molecule has 9 heteroatoms. The second-order valence-electron chi connectivity index (χ2n) is 3.06. The van der Waals surface area contributed by atoms with Crippen LogP contribution in [0.25, 0.3) is 0 Å². The molecule has 98 valence electrons. The van der Waals surface area contributed by atoms with E-state index >= 15 is 0 Å². The predicted octanol–water partition coefficient (Wildman–Crippen LogP) is 1.55. The second kappa shape index (κ2) is 5.48. The first kappa shape index (κ1) is 14.6. The number of hydrogen-bond donors (Lipinski definition) is 1. The maximum absolute atomic E-state index is 12.2. The molecule has 0 unspecified atom stereocenters. The van der Waals surface area contributed by atoms with Crippen LogP contribution in [0.15, 0.2) is 17.0 Å². The minimum absolute atomic E-state index is 0.0796. The lowest BCUT2D eigenvalue weighted by atomic mass is 10.1. The van der Waals surface area contributed by atoms with E-state index < -0.39 is 31.9 Å². The Morgan fingerprint density at radius 2 is 2.11 bits per heavy atom. The van der Waals surface area contributed by atoms with Crippen molar-refractivity contribution in [3.63, 3.8) is 0 Å². The van der Waals surface area contributed by atoms with Crippen LogP contribution in [0.2, 0.25) is 0 Å². The normalized spacial score (nSPS) is 11.3. The van der Waals surface area contributed by atoms with Crippen LogP contribution in [0.4, 0.5) is 8.78 Å². The van der Waals surface area contributed by atoms with Gasteiger partial charge in [0.05, 0.1) is 0 Å². The van der Waals surface area contributed by atoms with Crippen LogP contribution in [0.1, 0.15) is 11.1 Å². The number of halogens is 3. The Balaban J connectivity index is 3.59. The maximum Gasteiger partial charge on any atom is 0.387 e. The second-order valence-corrected chi connectivity index (χ2v) is 5.59. The monoisotopic (exact) mass is 296 g/mol. The van der Waals surface area contributed by atoms with Crippen LogP contribution in [-0.2, 0) is 15.6 Å². The van der Waals surface area contributed by atoms with E-state index in [2.05, 4.69) is 4.74 Å². The van der Waals surface area contributed by atoms with E-state index in [1.165, 1.54) is 6.07 Å². The fourth-order valence-electron chi connectivity index (χ4n) is 1.30. The number of benzene rings is 1. The van der Waals surface area contributed by atoms with Gasteiger partial charge in [0.2, 0.25) is 0 Å². The fraction of sp³-hybridized carbons (Fsp3) is 0.222. The molecule has 0 atom stereocenters. The highest BCUT2D eigenvalue weighted by molar-refractivity contribution is 8.13. The third-order valence-electron chi connectivity index (χ3n) is 2.00. The zero-order valence-electron chi connectivity index (χ0n) is 8.73. The van der Waals surface area contributed by atoms with Gasteiger partial charge in [-0.05, 0) is 6.07 Å². The highest BCUT2D eigenvalue weighted by Crippen LogP contribution is 2.32. The fourth-order valence-corrected chi connectivity index (χ4v) is 2.30. The number of alkyl halides is 2. The number of rotatable bonds is 4. The summed E-state index contributed by atoms with van der Waals surface area (Å²) in [6.07, 6.45) is 0. The van der Waals surface area contributed by atoms with E-state index in [1.807, 2.05) is 0 Å². The molecule has 1 rings (SSSR count). The van der Waals surface area contributed by atoms with Crippen LogP contribution < -0.4 is 10.5 Å². The maximum atomic E-state index is 12.2. The van der Waals surface area contributed by atoms with E-state index in [9.17, 15) is 17.2 Å². The lowest BCUT2D eigenvalue weighted by molar-refractivity contribution is -0.0507. The first-order chi connectivity index (χ1) is 8.31. The summed E-state index contributed by atoms with van der Waals surface area (Å²) in [5.41, 5.74) is 4.78. The molecular formula is C9H7ClF2N2O3S. The molecule has 0 radical (unpaired) electrons. The molecule has 5 nitrogen and oxygen atoms in total. The van der Waals surface area contributed by atoms with Crippen LogP contribution in [0.3, 0.4) is 0 Å². The van der Waals surface area contributed by atoms with Crippen molar-refractivity contribution < 1.29 is 21.9 Å². The van der Waals surface area contributed by atoms with Crippen LogP contribution >= 0.6 is 10.7 Å². The number of nitrogens with zero attached hydrogens (tertiary/aromatic N) is 1. The summed E-state index contributed by atoms with van der Waals surface area (Å²) in [6.45, 7) is -3.41. The van der Waals surface area contributed by atoms with Gasteiger partial charge in [0.15, 0.2) is 0 Å². The topological polar surface area (TPSA) is 93.2 Å². The van der Waals surface area contributed by atoms with Crippen molar-refractivity contribution >= 4 is 19.7 Å². The van der Waals surface area contributed by atoms with Gasteiger partial charge in [-0.15, -0.1) is 0 Å². The molecule has 0 saturated carbocycles. The van der Waals surface area contributed by atoms with Gasteiger partial charge >= 0.3 is 6.61 Å². The Bertz CT molecular complexity index is 599. The van der Waals surface area contributed by atoms with Gasteiger partial charge in [-0.2, -0.15) is 14.0 Å². The van der Waals surface area contributed by atoms with Crippen molar-refractivity contribution in [3.8, 4) is 11.8 Å². The SMILES string of the molecule is N#Cc1c(S(=O)(=O)Cl)ccc(CN)c1OC(F)F. The van der Waals surface area contributed by atoms with Crippen LogP contribution in [0.5, 0.6) is 5.75 Å². The van der Waals surface area contributed by atoms with E-state index in [4.69, 9.17) is 21.7 Å². The summed E-state index contributed by atoms with van der Waals surface area (Å²) in [7, 11) is 0.848. The molecule has 1 aromatic rings. The molecule has 0 aliphatic rings. The summed E-state index contributed by atoms with van der Waals surface area (Å²) >= 11 is 0. The highest BCUT2D eigenvalue weighted by Gasteiger charge is 2.23. The van der Waals surface area contributed by atoms with Crippen molar-refractivity contribution in [3.05, 3.63) is 23.3 Å². The van der Waals surface area contributed by atoms with E-state index in [0.29, 0.717) is 0 Å². The van der Waals surface area contributed by atoms with Crippen molar-refractivity contribution in [2.75, 3.05) is 0 Å². The first-order valence-electron chi connectivity index (χ1n) is 4.46. The van der Waals surface area contributed by atoms with Gasteiger partial charge in [0.1, 0.15) is 22.3 Å². The van der Waals surface area contributed by atoms with Crippen molar-refractivity contribution in [1.82, 2.24) is 0 Å². The molecule has 0 aliphatic heterocycles. The Morgan fingerprint density at radius 3 is 2.50 bits per heavy atom. The smallest absolute Gasteiger partial charge is 0.387 e. The molecule has 0 amide bonds. The minimum atomic E-state index is -4.24. The summed E-state index contributed by atoms with van der Waals surface area (Å²) < 4.78 is 51.0. The molecular weight excluding hydrogens is 290 g/mol. The third-order valence-corrected chi connectivity index (χ3v) is 3.37. The quantitative estimate of drug-likeness (QED) is 0.851. The molecule has 0 bridgehead atoms. The summed E-state index contributed by atoms with van der Waals surface area (Å²) in [6, 6.07) is 3.65. The minimum Gasteiger partial charge on any atom is -0.433 e. The van der Waals surface area contributed by atoms with E-state index in [0.717, 1.165) is 12.1 Å². The molecule has 0 spiro atoms. The first-order valence-corrected chi connectivity index (χ1v) is 6.77. The number of ether oxygens (including phenoxy) is 1. The van der Waals surface area contributed by atoms with Crippen molar-refractivity contribution in [2.45, 2.75) is 18.1 Å². The molecule has 0 aliphatic carbocycles. The lowest BCUT2D eigenvalue weighted by Gasteiger charge is -2.12. The van der Waals surface area contributed by atoms with Gasteiger partial charge in [0, 0.05) is 22.8 Å². The van der Waals surface area contributed by atoms with E-state index in [-0.39, 0.29) is 12.1 Å². The molecule has 0 saturated heterocycles. The van der Waals surface area contributed by atoms with Crippen LogP contribution in [0, 0.1) is 11.3 Å². The Hall–Kier alpha value is -1.43. The van der Waals surface area contributed by atoms with Gasteiger partial charge in [-0.25, -0.2) is 8.42 Å². The molecule has 0 fully saturated rings. The van der Waals surface area contributed by atoms with Gasteiger partial charge in [-0.1, -0.05) is 6.07 Å². The molecule has 2 N–H and O–H groups in total. The van der Waals surface area contributed by atoms with E-state index in [1.54, 1.807) is 0 Å². The highest BCUT2D eigenvalue weighted by atomic mass is 35.7. The Kier molecular flexibility index (Phi) is 4.45. The van der Waals surface area contributed by atoms with Gasteiger partial charge in [0.25, 0.3) is 9.05 Å². The number of nitriles is 1. The zero-order chi connectivity index (χ0) is 13.9. The molecule has 0 heterocycles. The number of nitrogens with two attached hydrogens (primary N) is 1. The predicted molar refractivity (Wildman–Crippen MR) is 58.7 cm³/mol. The molecule has 18 heavy (non-hydrogen) atoms. The average molecular weight is 297 g/mol. The zero-order valence-corrected chi connectivity index (χ0v) is 10.3. The van der Waals surface area contributed by atoms with Gasteiger partial charge in [-0.3, -0.25) is 0 Å². The van der Waals surface area contributed by atoms with Crippen molar-refractivity contribution in [1.29, 1.82) is 5.26 Å². The average Bonchev–Trinajstić information content (AvgIpc) is 2.26. The standard InChI is InChI=1S/C9H7ClF2N2O3S/c10-18(15,16)7-2-1-5(3-13)8(6(7)4-14)17-9(11)12/h1-2,9H,3,13H2. The number of hydrogen-bond acceptors (Lipinski definition) is 5. The lowest BCUT2D eigenvalue weighted by Crippen LogP contribution is -2.10. The van der Waals surface area contributed by atoms with Crippen molar-refractivity contribution in [2.24, 2.45) is 5.73 Å². The Morgan fingerprint density at radius 1 is 1.50 bits per heavy atom. The summed E-state index contributed by atoms with van der Waals surface area (Å²) in [5, 5.41) is 8.86. The molecule has 1 aromatic carbocycles. The Labute approximate surface area is 106 Å². The van der Waals surface area contributed by atoms with Crippen LogP contribution in [-0.4, -0.2) is 15.0 Å². The largest absolute Gasteiger partial charge is 0.433 e. The summed E-state index contributed by atoms with van der Waals surface area (Å²) in [5.74, 6) is -0.572.